The van der Waals surface area contributed by atoms with Gasteiger partial charge < -0.3 is 4.74 Å². The third-order valence-corrected chi connectivity index (χ3v) is 4.10. The number of methoxy groups -OCH3 is 1. The van der Waals surface area contributed by atoms with Crippen LogP contribution in [0.3, 0.4) is 0 Å². The first kappa shape index (κ1) is 18.3. The fraction of sp³-hybridized carbons (Fsp3) is 0.188. The van der Waals surface area contributed by atoms with Crippen molar-refractivity contribution < 1.29 is 27.1 Å². The zero-order chi connectivity index (χ0) is 19.1. The maximum Gasteiger partial charge on any atom is 0.445 e. The lowest BCUT2D eigenvalue weighted by Gasteiger charge is -2.36. The Morgan fingerprint density at radius 3 is 2.42 bits per heavy atom. The van der Waals surface area contributed by atoms with Gasteiger partial charge >= 0.3 is 17.8 Å². The summed E-state index contributed by atoms with van der Waals surface area (Å²) < 4.78 is 59.4. The van der Waals surface area contributed by atoms with Crippen molar-refractivity contribution in [2.45, 2.75) is 11.8 Å². The Balaban J connectivity index is 2.27. The number of alkyl halides is 3. The summed E-state index contributed by atoms with van der Waals surface area (Å²) in [5.74, 6) is -2.62. The van der Waals surface area contributed by atoms with Gasteiger partial charge in [0.05, 0.1) is 7.11 Å². The SMILES string of the molecule is COC(=O)[C@@]1(C(F)(F)F)N=C2C=CC(Br)=CN2C(c2ccc(F)cc2)=N1. The third kappa shape index (κ3) is 2.94. The number of benzene rings is 1. The fourth-order valence-electron chi connectivity index (χ4n) is 2.40. The van der Waals surface area contributed by atoms with E-state index in [1.807, 2.05) is 0 Å². The molecule has 1 aromatic rings. The van der Waals surface area contributed by atoms with Crippen LogP contribution in [0.5, 0.6) is 0 Å². The predicted molar refractivity (Wildman–Crippen MR) is 89.2 cm³/mol. The van der Waals surface area contributed by atoms with E-state index in [-0.39, 0.29) is 17.2 Å². The second-order valence-electron chi connectivity index (χ2n) is 5.29. The molecule has 1 aromatic carbocycles. The summed E-state index contributed by atoms with van der Waals surface area (Å²) in [4.78, 5) is 20.4. The summed E-state index contributed by atoms with van der Waals surface area (Å²) in [5, 5.41) is 0. The second kappa shape index (κ2) is 6.35. The fourth-order valence-corrected chi connectivity index (χ4v) is 2.74. The summed E-state index contributed by atoms with van der Waals surface area (Å²) in [6, 6.07) is 4.68. The van der Waals surface area contributed by atoms with Crippen molar-refractivity contribution in [3.63, 3.8) is 0 Å². The topological polar surface area (TPSA) is 54.3 Å². The van der Waals surface area contributed by atoms with Crippen LogP contribution in [0, 0.1) is 5.82 Å². The largest absolute Gasteiger partial charge is 0.465 e. The van der Waals surface area contributed by atoms with Crippen molar-refractivity contribution in [1.29, 1.82) is 0 Å². The van der Waals surface area contributed by atoms with E-state index in [0.717, 1.165) is 19.2 Å². The Hall–Kier alpha value is -2.49. The smallest absolute Gasteiger partial charge is 0.445 e. The highest BCUT2D eigenvalue weighted by Gasteiger charge is 2.64. The van der Waals surface area contributed by atoms with Crippen LogP contribution in [0.25, 0.3) is 0 Å². The number of rotatable bonds is 2. The van der Waals surface area contributed by atoms with Crippen molar-refractivity contribution in [3.8, 4) is 0 Å². The molecule has 2 aliphatic rings. The molecule has 5 nitrogen and oxygen atoms in total. The van der Waals surface area contributed by atoms with Crippen LogP contribution in [-0.2, 0) is 9.53 Å². The van der Waals surface area contributed by atoms with Gasteiger partial charge in [0.15, 0.2) is 0 Å². The molecular weight excluding hydrogens is 422 g/mol. The number of allylic oxidation sites excluding steroid dienone is 2. The van der Waals surface area contributed by atoms with Gasteiger partial charge in [-0.25, -0.2) is 19.2 Å². The van der Waals surface area contributed by atoms with Crippen molar-refractivity contribution in [3.05, 3.63) is 58.5 Å². The number of amidine groups is 2. The molecule has 0 unspecified atom stereocenters. The van der Waals surface area contributed by atoms with Gasteiger partial charge in [-0.2, -0.15) is 13.2 Å². The highest BCUT2D eigenvalue weighted by atomic mass is 79.9. The number of carbonyl (C=O) groups excluding carboxylic acids is 1. The minimum Gasteiger partial charge on any atom is -0.465 e. The highest BCUT2D eigenvalue weighted by molar-refractivity contribution is 9.11. The highest BCUT2D eigenvalue weighted by Crippen LogP contribution is 2.40. The number of esters is 1. The van der Waals surface area contributed by atoms with E-state index in [2.05, 4.69) is 30.7 Å². The van der Waals surface area contributed by atoms with Crippen LogP contribution < -0.4 is 0 Å². The minimum atomic E-state index is -5.14. The molecule has 0 saturated carbocycles. The monoisotopic (exact) mass is 431 g/mol. The van der Waals surface area contributed by atoms with Crippen molar-refractivity contribution in [1.82, 2.24) is 4.90 Å². The zero-order valence-electron chi connectivity index (χ0n) is 13.1. The van der Waals surface area contributed by atoms with Crippen LogP contribution in [0.1, 0.15) is 5.56 Å². The zero-order valence-corrected chi connectivity index (χ0v) is 14.7. The third-order valence-electron chi connectivity index (χ3n) is 3.63. The number of ether oxygens (including phenoxy) is 1. The molecule has 0 spiro atoms. The summed E-state index contributed by atoms with van der Waals surface area (Å²) in [5.41, 5.74) is -3.28. The molecule has 0 radical (unpaired) electrons. The number of nitrogens with zero attached hydrogens (tertiary/aromatic N) is 3. The number of halogens is 5. The van der Waals surface area contributed by atoms with E-state index in [9.17, 15) is 22.4 Å². The molecule has 26 heavy (non-hydrogen) atoms. The van der Waals surface area contributed by atoms with Crippen molar-refractivity contribution in [2.24, 2.45) is 9.98 Å². The Labute approximate surface area is 153 Å². The number of aliphatic imine (C=N–C) groups is 2. The summed E-state index contributed by atoms with van der Waals surface area (Å²) in [7, 11) is 0.822. The van der Waals surface area contributed by atoms with Gasteiger partial charge in [0, 0.05) is 16.2 Å². The average molecular weight is 432 g/mol. The van der Waals surface area contributed by atoms with Crippen LogP contribution in [0.4, 0.5) is 17.6 Å². The van der Waals surface area contributed by atoms with E-state index in [0.29, 0.717) is 4.48 Å². The molecule has 0 saturated heterocycles. The molecule has 0 aromatic heterocycles. The lowest BCUT2D eigenvalue weighted by molar-refractivity contribution is -0.202. The first-order chi connectivity index (χ1) is 12.2. The maximum atomic E-state index is 13.8. The van der Waals surface area contributed by atoms with E-state index in [1.165, 1.54) is 35.4 Å². The van der Waals surface area contributed by atoms with Gasteiger partial charge in [-0.1, -0.05) is 0 Å². The Morgan fingerprint density at radius 1 is 1.19 bits per heavy atom. The summed E-state index contributed by atoms with van der Waals surface area (Å²) >= 11 is 3.22. The quantitative estimate of drug-likeness (QED) is 0.531. The second-order valence-corrected chi connectivity index (χ2v) is 6.21. The Bertz CT molecular complexity index is 874. The molecule has 3 rings (SSSR count). The lowest BCUT2D eigenvalue weighted by atomic mass is 10.1. The van der Waals surface area contributed by atoms with Gasteiger partial charge in [-0.15, -0.1) is 0 Å². The van der Waals surface area contributed by atoms with Gasteiger partial charge in [0.2, 0.25) is 0 Å². The molecule has 0 amide bonds. The first-order valence-electron chi connectivity index (χ1n) is 7.13. The van der Waals surface area contributed by atoms with Crippen LogP contribution >= 0.6 is 15.9 Å². The van der Waals surface area contributed by atoms with Gasteiger partial charge in [0.25, 0.3) is 0 Å². The Morgan fingerprint density at radius 2 is 1.85 bits per heavy atom. The van der Waals surface area contributed by atoms with Crippen LogP contribution in [-0.4, -0.2) is 41.5 Å². The Kier molecular flexibility index (Phi) is 4.47. The van der Waals surface area contributed by atoms with E-state index < -0.39 is 23.6 Å². The summed E-state index contributed by atoms with van der Waals surface area (Å²) in [6.45, 7) is 0. The maximum absolute atomic E-state index is 13.8. The molecule has 0 aliphatic carbocycles. The van der Waals surface area contributed by atoms with E-state index in [1.54, 1.807) is 0 Å². The van der Waals surface area contributed by atoms with Crippen LogP contribution in [0.2, 0.25) is 0 Å². The van der Waals surface area contributed by atoms with E-state index >= 15 is 0 Å². The van der Waals surface area contributed by atoms with Crippen LogP contribution in [0.15, 0.2) is 57.1 Å². The standard InChI is InChI=1S/C16H10BrF4N3O2/c1-26-14(25)15(16(19,20)21)22-12-7-4-10(17)8-24(12)13(23-15)9-2-5-11(18)6-3-9/h2-8H,1H3/t15-/m1/s1. The molecule has 1 atom stereocenters. The molecule has 0 N–H and O–H groups in total. The number of carbonyl (C=O) groups is 1. The molecule has 136 valence electrons. The first-order valence-corrected chi connectivity index (χ1v) is 7.92. The molecule has 10 heteroatoms. The number of hydrogen-bond acceptors (Lipinski definition) is 5. The molecular formula is C16H10BrF4N3O2. The van der Waals surface area contributed by atoms with E-state index in [4.69, 9.17) is 0 Å². The van der Waals surface area contributed by atoms with Gasteiger partial charge in [-0.3, -0.25) is 4.90 Å². The molecule has 2 heterocycles. The summed E-state index contributed by atoms with van der Waals surface area (Å²) in [6.07, 6.45) is -0.928. The molecule has 2 aliphatic heterocycles. The van der Waals surface area contributed by atoms with Crippen molar-refractivity contribution in [2.75, 3.05) is 7.11 Å². The number of hydrogen-bond donors (Lipinski definition) is 0. The lowest BCUT2D eigenvalue weighted by Crippen LogP contribution is -2.55. The average Bonchev–Trinajstić information content (AvgIpc) is 2.60. The van der Waals surface area contributed by atoms with Gasteiger partial charge in [0.1, 0.15) is 17.5 Å². The number of fused-ring (bicyclic) bond motifs is 1. The molecule has 0 bridgehead atoms. The van der Waals surface area contributed by atoms with Crippen molar-refractivity contribution >= 4 is 33.6 Å². The molecule has 0 fully saturated rings. The van der Waals surface area contributed by atoms with Gasteiger partial charge in [-0.05, 0) is 52.3 Å². The normalized spacial score (nSPS) is 22.2. The predicted octanol–water partition coefficient (Wildman–Crippen LogP) is 3.52. The minimum absolute atomic E-state index is 0.162.